The second kappa shape index (κ2) is 2.97. The van der Waals surface area contributed by atoms with Crippen LogP contribution in [0, 0.1) is 0 Å². The van der Waals surface area contributed by atoms with Crippen molar-refractivity contribution in [3.63, 3.8) is 0 Å². The summed E-state index contributed by atoms with van der Waals surface area (Å²) in [6.07, 6.45) is 0. The summed E-state index contributed by atoms with van der Waals surface area (Å²) >= 11 is 3.25. The Hall–Kier alpha value is -0.580. The van der Waals surface area contributed by atoms with Gasteiger partial charge in [0.1, 0.15) is 11.4 Å². The molecule has 2 rings (SSSR count). The van der Waals surface area contributed by atoms with Crippen molar-refractivity contribution >= 4 is 15.9 Å². The van der Waals surface area contributed by atoms with E-state index >= 15 is 0 Å². The van der Waals surface area contributed by atoms with Crippen LogP contribution in [0.25, 0.3) is 0 Å². The van der Waals surface area contributed by atoms with E-state index in [1.54, 1.807) is 12.1 Å². The molecule has 0 radical (unpaired) electrons. The van der Waals surface area contributed by atoms with Gasteiger partial charge in [-0.15, -0.1) is 0 Å². The summed E-state index contributed by atoms with van der Waals surface area (Å²) in [5, 5.41) is 22.4. The van der Waals surface area contributed by atoms with Crippen LogP contribution in [0.2, 0.25) is 0 Å². The molecule has 0 amide bonds. The zero-order valence-corrected chi connectivity index (χ0v) is 8.50. The van der Waals surface area contributed by atoms with Crippen molar-refractivity contribution in [2.24, 2.45) is 0 Å². The number of aliphatic hydroxyl groups is 1. The fourth-order valence-electron chi connectivity index (χ4n) is 1.43. The number of β-amino-alcohol motifs (C(OH)–C–C–N with tert-alkyl or cyclic N) is 1. The summed E-state index contributed by atoms with van der Waals surface area (Å²) in [7, 11) is 0. The predicted octanol–water partition coefficient (Wildman–Crippen LogP) is 0.946. The van der Waals surface area contributed by atoms with Gasteiger partial charge in [0.25, 0.3) is 0 Å². The van der Waals surface area contributed by atoms with Gasteiger partial charge in [-0.2, -0.15) is 0 Å². The molecule has 0 atom stereocenters. The van der Waals surface area contributed by atoms with Crippen LogP contribution < -0.4 is 5.32 Å². The Morgan fingerprint density at radius 3 is 2.62 bits per heavy atom. The van der Waals surface area contributed by atoms with Crippen LogP contribution in [-0.2, 0) is 5.60 Å². The monoisotopic (exact) mass is 243 g/mol. The van der Waals surface area contributed by atoms with Gasteiger partial charge in [0.15, 0.2) is 0 Å². The molecule has 0 spiro atoms. The van der Waals surface area contributed by atoms with Gasteiger partial charge in [-0.3, -0.25) is 0 Å². The Kier molecular flexibility index (Phi) is 2.06. The standard InChI is InChI=1S/C9H10BrNO2/c10-8-6(2-1-3-7(8)12)9(13)4-11-5-9/h1-3,11-13H,4-5H2. The van der Waals surface area contributed by atoms with Gasteiger partial charge in [-0.05, 0) is 22.0 Å². The van der Waals surface area contributed by atoms with Crippen LogP contribution >= 0.6 is 15.9 Å². The summed E-state index contributed by atoms with van der Waals surface area (Å²) in [4.78, 5) is 0. The van der Waals surface area contributed by atoms with Crippen molar-refractivity contribution in [2.45, 2.75) is 5.60 Å². The Morgan fingerprint density at radius 1 is 1.38 bits per heavy atom. The first-order valence-corrected chi connectivity index (χ1v) is 4.84. The smallest absolute Gasteiger partial charge is 0.130 e. The summed E-state index contributed by atoms with van der Waals surface area (Å²) in [5.74, 6) is 0.165. The molecule has 0 aliphatic carbocycles. The van der Waals surface area contributed by atoms with Crippen LogP contribution in [0.15, 0.2) is 22.7 Å². The third-order valence-electron chi connectivity index (χ3n) is 2.31. The summed E-state index contributed by atoms with van der Waals surface area (Å²) in [6.45, 7) is 1.07. The maximum absolute atomic E-state index is 9.98. The van der Waals surface area contributed by atoms with E-state index in [9.17, 15) is 10.2 Å². The quantitative estimate of drug-likeness (QED) is 0.689. The SMILES string of the molecule is Oc1cccc(C2(O)CNC2)c1Br. The first-order valence-electron chi connectivity index (χ1n) is 4.04. The molecule has 3 N–H and O–H groups in total. The van der Waals surface area contributed by atoms with E-state index in [1.165, 1.54) is 0 Å². The maximum atomic E-state index is 9.98. The lowest BCUT2D eigenvalue weighted by Gasteiger charge is -2.38. The Balaban J connectivity index is 2.45. The molecule has 1 saturated heterocycles. The number of hydrogen-bond acceptors (Lipinski definition) is 3. The molecule has 3 nitrogen and oxygen atoms in total. The molecule has 1 fully saturated rings. The second-order valence-corrected chi connectivity index (χ2v) is 4.07. The lowest BCUT2D eigenvalue weighted by molar-refractivity contribution is -0.0154. The van der Waals surface area contributed by atoms with Crippen LogP contribution in [-0.4, -0.2) is 23.3 Å². The zero-order valence-electron chi connectivity index (χ0n) is 6.92. The average molecular weight is 244 g/mol. The van der Waals surface area contributed by atoms with E-state index in [4.69, 9.17) is 0 Å². The molecule has 1 aromatic carbocycles. The van der Waals surface area contributed by atoms with E-state index in [-0.39, 0.29) is 5.75 Å². The summed E-state index contributed by atoms with van der Waals surface area (Å²) in [5.41, 5.74) is -0.0800. The summed E-state index contributed by atoms with van der Waals surface area (Å²) in [6, 6.07) is 5.12. The van der Waals surface area contributed by atoms with E-state index in [2.05, 4.69) is 21.2 Å². The van der Waals surface area contributed by atoms with Crippen LogP contribution in [0.3, 0.4) is 0 Å². The highest BCUT2D eigenvalue weighted by Gasteiger charge is 2.38. The topological polar surface area (TPSA) is 52.5 Å². The highest BCUT2D eigenvalue weighted by molar-refractivity contribution is 9.10. The van der Waals surface area contributed by atoms with Crippen LogP contribution in [0.5, 0.6) is 5.75 Å². The molecule has 0 unspecified atom stereocenters. The van der Waals surface area contributed by atoms with Crippen molar-refractivity contribution in [2.75, 3.05) is 13.1 Å². The van der Waals surface area contributed by atoms with Crippen molar-refractivity contribution < 1.29 is 10.2 Å². The lowest BCUT2D eigenvalue weighted by atomic mass is 9.88. The molecule has 0 bridgehead atoms. The fourth-order valence-corrected chi connectivity index (χ4v) is 2.06. The third-order valence-corrected chi connectivity index (χ3v) is 3.15. The van der Waals surface area contributed by atoms with Gasteiger partial charge >= 0.3 is 0 Å². The highest BCUT2D eigenvalue weighted by atomic mass is 79.9. The number of phenols is 1. The van der Waals surface area contributed by atoms with Crippen molar-refractivity contribution in [3.8, 4) is 5.75 Å². The molecule has 0 aromatic heterocycles. The zero-order chi connectivity index (χ0) is 9.47. The minimum absolute atomic E-state index is 0.165. The Bertz CT molecular complexity index is 336. The minimum Gasteiger partial charge on any atom is -0.507 e. The van der Waals surface area contributed by atoms with E-state index in [1.807, 2.05) is 6.07 Å². The predicted molar refractivity (Wildman–Crippen MR) is 52.6 cm³/mol. The van der Waals surface area contributed by atoms with Gasteiger partial charge in [-0.25, -0.2) is 0 Å². The molecule has 13 heavy (non-hydrogen) atoms. The number of rotatable bonds is 1. The van der Waals surface area contributed by atoms with Crippen molar-refractivity contribution in [3.05, 3.63) is 28.2 Å². The number of hydrogen-bond donors (Lipinski definition) is 3. The molecule has 70 valence electrons. The number of halogens is 1. The largest absolute Gasteiger partial charge is 0.507 e. The maximum Gasteiger partial charge on any atom is 0.130 e. The molecule has 1 heterocycles. The molecule has 1 aliphatic rings. The van der Waals surface area contributed by atoms with E-state index in [0.29, 0.717) is 17.6 Å². The third kappa shape index (κ3) is 1.35. The molecule has 1 aliphatic heterocycles. The molecular weight excluding hydrogens is 234 g/mol. The molecular formula is C9H10BrNO2. The molecule has 1 aromatic rings. The first-order chi connectivity index (χ1) is 6.13. The van der Waals surface area contributed by atoms with Crippen LogP contribution in [0.1, 0.15) is 5.56 Å². The van der Waals surface area contributed by atoms with Gasteiger partial charge in [-0.1, -0.05) is 12.1 Å². The normalized spacial score (nSPS) is 19.5. The molecule has 4 heteroatoms. The summed E-state index contributed by atoms with van der Waals surface area (Å²) < 4.78 is 0.582. The van der Waals surface area contributed by atoms with E-state index in [0.717, 1.165) is 5.56 Å². The van der Waals surface area contributed by atoms with Gasteiger partial charge in [0, 0.05) is 18.7 Å². The molecule has 0 saturated carbocycles. The first kappa shape index (κ1) is 8.99. The van der Waals surface area contributed by atoms with Gasteiger partial charge < -0.3 is 15.5 Å². The van der Waals surface area contributed by atoms with Gasteiger partial charge in [0.05, 0.1) is 4.47 Å². The average Bonchev–Trinajstić information content (AvgIpc) is 2.06. The highest BCUT2D eigenvalue weighted by Crippen LogP contribution is 2.36. The van der Waals surface area contributed by atoms with Crippen molar-refractivity contribution in [1.29, 1.82) is 0 Å². The van der Waals surface area contributed by atoms with Crippen molar-refractivity contribution in [1.82, 2.24) is 5.32 Å². The minimum atomic E-state index is -0.822. The Morgan fingerprint density at radius 2 is 2.08 bits per heavy atom. The Labute approximate surface area is 84.5 Å². The fraction of sp³-hybridized carbons (Fsp3) is 0.333. The number of nitrogens with one attached hydrogen (secondary N) is 1. The lowest BCUT2D eigenvalue weighted by Crippen LogP contribution is -2.56. The van der Waals surface area contributed by atoms with Gasteiger partial charge in [0.2, 0.25) is 0 Å². The number of phenolic OH excluding ortho intramolecular Hbond substituents is 1. The number of benzene rings is 1. The van der Waals surface area contributed by atoms with Crippen LogP contribution in [0.4, 0.5) is 0 Å². The number of aromatic hydroxyl groups is 1. The van der Waals surface area contributed by atoms with E-state index < -0.39 is 5.60 Å². The second-order valence-electron chi connectivity index (χ2n) is 3.27.